The Balaban J connectivity index is 1.88. The van der Waals surface area contributed by atoms with Crippen LogP contribution >= 0.6 is 0 Å². The van der Waals surface area contributed by atoms with Crippen LogP contribution in [0.1, 0.15) is 58.1 Å². The standard InChI is InChI=1S/C23H38N4O/c1-6-25-22(27-15-12-19(13-16-27)17-21(28)24-5)26-14-11-18-7-9-20(10-8-18)23(2,3)4/h7-10,19H,6,11-17H2,1-5H3,(H,24,28)(H,25,26). The third kappa shape index (κ3) is 6.84. The zero-order chi connectivity index (χ0) is 20.6. The minimum Gasteiger partial charge on any atom is -0.359 e. The molecule has 0 saturated carbocycles. The van der Waals surface area contributed by atoms with E-state index in [1.165, 1.54) is 11.1 Å². The normalized spacial score (nSPS) is 16.2. The first-order chi connectivity index (χ1) is 13.3. The van der Waals surface area contributed by atoms with Crippen molar-refractivity contribution in [2.45, 2.75) is 58.8 Å². The average Bonchev–Trinajstić information content (AvgIpc) is 2.67. The molecule has 0 aromatic heterocycles. The fourth-order valence-corrected chi connectivity index (χ4v) is 3.60. The number of piperidine rings is 1. The number of amides is 1. The summed E-state index contributed by atoms with van der Waals surface area (Å²) in [6, 6.07) is 8.93. The molecule has 5 nitrogen and oxygen atoms in total. The molecule has 2 rings (SSSR count). The van der Waals surface area contributed by atoms with Gasteiger partial charge >= 0.3 is 0 Å². The summed E-state index contributed by atoms with van der Waals surface area (Å²) >= 11 is 0. The minimum absolute atomic E-state index is 0.150. The molecule has 1 aliphatic rings. The van der Waals surface area contributed by atoms with Crippen molar-refractivity contribution in [2.24, 2.45) is 10.9 Å². The van der Waals surface area contributed by atoms with Crippen molar-refractivity contribution in [1.82, 2.24) is 15.5 Å². The fraction of sp³-hybridized carbons (Fsp3) is 0.652. The van der Waals surface area contributed by atoms with Crippen molar-refractivity contribution in [3.05, 3.63) is 35.4 Å². The van der Waals surface area contributed by atoms with Crippen LogP contribution in [0.4, 0.5) is 0 Å². The van der Waals surface area contributed by atoms with Gasteiger partial charge in [0.05, 0.1) is 0 Å². The van der Waals surface area contributed by atoms with E-state index in [-0.39, 0.29) is 11.3 Å². The smallest absolute Gasteiger partial charge is 0.220 e. The predicted molar refractivity (Wildman–Crippen MR) is 118 cm³/mol. The Morgan fingerprint density at radius 1 is 1.18 bits per heavy atom. The van der Waals surface area contributed by atoms with Gasteiger partial charge < -0.3 is 15.5 Å². The second-order valence-electron chi connectivity index (χ2n) is 8.74. The maximum absolute atomic E-state index is 11.6. The van der Waals surface area contributed by atoms with Crippen LogP contribution in [0.25, 0.3) is 0 Å². The lowest BCUT2D eigenvalue weighted by Gasteiger charge is -2.34. The largest absolute Gasteiger partial charge is 0.359 e. The summed E-state index contributed by atoms with van der Waals surface area (Å²) in [6.45, 7) is 12.4. The van der Waals surface area contributed by atoms with Gasteiger partial charge in [-0.05, 0) is 48.6 Å². The minimum atomic E-state index is 0.150. The lowest BCUT2D eigenvalue weighted by molar-refractivity contribution is -0.121. The molecule has 156 valence electrons. The molecule has 0 radical (unpaired) electrons. The number of carbonyl (C=O) groups is 1. The van der Waals surface area contributed by atoms with Gasteiger partial charge in [0.25, 0.3) is 0 Å². The van der Waals surface area contributed by atoms with E-state index in [0.29, 0.717) is 12.3 Å². The second-order valence-corrected chi connectivity index (χ2v) is 8.74. The Hall–Kier alpha value is -2.04. The van der Waals surface area contributed by atoms with Crippen molar-refractivity contribution in [1.29, 1.82) is 0 Å². The van der Waals surface area contributed by atoms with Gasteiger partial charge in [-0.1, -0.05) is 45.0 Å². The van der Waals surface area contributed by atoms with Crippen molar-refractivity contribution >= 4 is 11.9 Å². The van der Waals surface area contributed by atoms with Crippen LogP contribution in [0.2, 0.25) is 0 Å². The number of hydrogen-bond acceptors (Lipinski definition) is 2. The van der Waals surface area contributed by atoms with Crippen LogP contribution in [0.15, 0.2) is 29.3 Å². The summed E-state index contributed by atoms with van der Waals surface area (Å²) in [6.07, 6.45) is 3.69. The fourth-order valence-electron chi connectivity index (χ4n) is 3.60. The summed E-state index contributed by atoms with van der Waals surface area (Å²) in [5.74, 6) is 1.64. The van der Waals surface area contributed by atoms with Gasteiger partial charge in [-0.3, -0.25) is 9.79 Å². The molecule has 0 aliphatic carbocycles. The number of nitrogens with one attached hydrogen (secondary N) is 2. The molecular weight excluding hydrogens is 348 g/mol. The zero-order valence-corrected chi connectivity index (χ0v) is 18.3. The van der Waals surface area contributed by atoms with Crippen LogP contribution in [0.5, 0.6) is 0 Å². The molecule has 1 aromatic carbocycles. The highest BCUT2D eigenvalue weighted by molar-refractivity contribution is 5.80. The Morgan fingerprint density at radius 2 is 1.82 bits per heavy atom. The van der Waals surface area contributed by atoms with E-state index >= 15 is 0 Å². The van der Waals surface area contributed by atoms with Crippen LogP contribution in [-0.4, -0.2) is 50.0 Å². The van der Waals surface area contributed by atoms with E-state index in [9.17, 15) is 4.79 Å². The number of aliphatic imine (C=N–C) groups is 1. The van der Waals surface area contributed by atoms with Crippen molar-refractivity contribution in [3.8, 4) is 0 Å². The molecule has 28 heavy (non-hydrogen) atoms. The molecule has 1 saturated heterocycles. The number of benzene rings is 1. The van der Waals surface area contributed by atoms with Crippen LogP contribution in [0, 0.1) is 5.92 Å². The quantitative estimate of drug-likeness (QED) is 0.582. The molecule has 1 amide bonds. The highest BCUT2D eigenvalue weighted by Gasteiger charge is 2.23. The van der Waals surface area contributed by atoms with Crippen molar-refractivity contribution in [3.63, 3.8) is 0 Å². The summed E-state index contributed by atoms with van der Waals surface area (Å²) in [5, 5.41) is 6.16. The van der Waals surface area contributed by atoms with Gasteiger partial charge in [0.2, 0.25) is 5.91 Å². The molecule has 2 N–H and O–H groups in total. The first kappa shape index (κ1) is 22.3. The Labute approximate surface area is 171 Å². The van der Waals surface area contributed by atoms with Gasteiger partial charge in [-0.15, -0.1) is 0 Å². The summed E-state index contributed by atoms with van der Waals surface area (Å²) < 4.78 is 0. The van der Waals surface area contributed by atoms with Gasteiger partial charge in [0.15, 0.2) is 5.96 Å². The van der Waals surface area contributed by atoms with Crippen LogP contribution in [-0.2, 0) is 16.6 Å². The summed E-state index contributed by atoms with van der Waals surface area (Å²) in [7, 11) is 1.71. The number of guanidine groups is 1. The lowest BCUT2D eigenvalue weighted by atomic mass is 9.86. The number of hydrogen-bond donors (Lipinski definition) is 2. The highest BCUT2D eigenvalue weighted by atomic mass is 16.1. The average molecular weight is 387 g/mol. The maximum atomic E-state index is 11.6. The second kappa shape index (κ2) is 10.5. The third-order valence-corrected chi connectivity index (χ3v) is 5.48. The predicted octanol–water partition coefficient (Wildman–Crippen LogP) is 3.34. The SMILES string of the molecule is CCNC(=NCCc1ccc(C(C)(C)C)cc1)N1CCC(CC(=O)NC)CC1. The number of carbonyl (C=O) groups excluding carboxylic acids is 1. The molecular formula is C23H38N4O. The van der Waals surface area contributed by atoms with E-state index < -0.39 is 0 Å². The monoisotopic (exact) mass is 386 g/mol. The Kier molecular flexibility index (Phi) is 8.34. The molecule has 1 fully saturated rings. The molecule has 5 heteroatoms. The number of rotatable bonds is 6. The van der Waals surface area contributed by atoms with E-state index in [1.54, 1.807) is 7.05 Å². The van der Waals surface area contributed by atoms with E-state index in [4.69, 9.17) is 4.99 Å². The summed E-state index contributed by atoms with van der Waals surface area (Å²) in [5.41, 5.74) is 2.89. The van der Waals surface area contributed by atoms with Gasteiger partial charge in [0.1, 0.15) is 0 Å². The Morgan fingerprint density at radius 3 is 2.36 bits per heavy atom. The highest BCUT2D eigenvalue weighted by Crippen LogP contribution is 2.22. The van der Waals surface area contributed by atoms with Crippen molar-refractivity contribution < 1.29 is 4.79 Å². The molecule has 1 heterocycles. The van der Waals surface area contributed by atoms with Crippen LogP contribution < -0.4 is 10.6 Å². The van der Waals surface area contributed by atoms with Gasteiger partial charge in [0, 0.05) is 39.6 Å². The van der Waals surface area contributed by atoms with Gasteiger partial charge in [-0.25, -0.2) is 0 Å². The van der Waals surface area contributed by atoms with E-state index in [1.807, 2.05) is 0 Å². The molecule has 0 spiro atoms. The zero-order valence-electron chi connectivity index (χ0n) is 18.3. The van der Waals surface area contributed by atoms with Crippen LogP contribution in [0.3, 0.4) is 0 Å². The molecule has 0 unspecified atom stereocenters. The molecule has 0 bridgehead atoms. The van der Waals surface area contributed by atoms with Crippen molar-refractivity contribution in [2.75, 3.05) is 33.2 Å². The topological polar surface area (TPSA) is 56.7 Å². The first-order valence-corrected chi connectivity index (χ1v) is 10.7. The molecule has 1 aliphatic heterocycles. The number of nitrogens with zero attached hydrogens (tertiary/aromatic N) is 2. The maximum Gasteiger partial charge on any atom is 0.220 e. The van der Waals surface area contributed by atoms with E-state index in [0.717, 1.165) is 51.4 Å². The molecule has 0 atom stereocenters. The first-order valence-electron chi connectivity index (χ1n) is 10.7. The lowest BCUT2D eigenvalue weighted by Crippen LogP contribution is -2.46. The summed E-state index contributed by atoms with van der Waals surface area (Å²) in [4.78, 5) is 18.8. The molecule has 1 aromatic rings. The Bertz CT molecular complexity index is 638. The third-order valence-electron chi connectivity index (χ3n) is 5.48. The van der Waals surface area contributed by atoms with E-state index in [2.05, 4.69) is 67.5 Å². The number of likely N-dealkylation sites (tertiary alicyclic amines) is 1. The van der Waals surface area contributed by atoms with Gasteiger partial charge in [-0.2, -0.15) is 0 Å².